The predicted molar refractivity (Wildman–Crippen MR) is 83.2 cm³/mol. The molecular weight excluding hydrogens is 288 g/mol. The zero-order valence-electron chi connectivity index (χ0n) is 11.2. The molecule has 6 heteroatoms. The van der Waals surface area contributed by atoms with Gasteiger partial charge < -0.3 is 15.6 Å². The van der Waals surface area contributed by atoms with E-state index in [0.29, 0.717) is 17.1 Å². The highest BCUT2D eigenvalue weighted by molar-refractivity contribution is 7.10. The number of hydrogen-bond acceptors (Lipinski definition) is 5. The lowest BCUT2D eigenvalue weighted by atomic mass is 10.2. The molecule has 1 aliphatic rings. The molecule has 1 aliphatic heterocycles. The third-order valence-corrected chi connectivity index (χ3v) is 3.91. The van der Waals surface area contributed by atoms with Crippen molar-refractivity contribution in [3.8, 4) is 5.75 Å². The van der Waals surface area contributed by atoms with Gasteiger partial charge in [0.1, 0.15) is 0 Å². The number of amides is 1. The average molecular weight is 302 g/mol. The first kappa shape index (κ1) is 13.7. The van der Waals surface area contributed by atoms with E-state index in [0.717, 1.165) is 4.88 Å². The number of thiophene rings is 1. The number of benzene rings is 1. The molecule has 0 spiro atoms. The molecule has 0 unspecified atom stereocenters. The van der Waals surface area contributed by atoms with Crippen LogP contribution in [0.15, 0.2) is 41.5 Å². The third kappa shape index (κ3) is 2.63. The van der Waals surface area contributed by atoms with Gasteiger partial charge in [0.2, 0.25) is 0 Å². The summed E-state index contributed by atoms with van der Waals surface area (Å²) in [5, 5.41) is 11.1. The van der Waals surface area contributed by atoms with Gasteiger partial charge in [-0.15, -0.1) is 11.3 Å². The molecule has 1 amide bonds. The highest BCUT2D eigenvalue weighted by Gasteiger charge is 2.30. The van der Waals surface area contributed by atoms with Gasteiger partial charge in [-0.1, -0.05) is 6.07 Å². The molecule has 5 nitrogen and oxygen atoms in total. The summed E-state index contributed by atoms with van der Waals surface area (Å²) in [6.45, 7) is 0.0622. The minimum Gasteiger partial charge on any atom is -0.449 e. The van der Waals surface area contributed by atoms with E-state index in [-0.39, 0.29) is 24.8 Å². The summed E-state index contributed by atoms with van der Waals surface area (Å²) in [5.74, 6) is 0.513. The monoisotopic (exact) mass is 302 g/mol. The molecule has 2 aromatic rings. The lowest BCUT2D eigenvalue weighted by molar-refractivity contribution is -0.117. The fourth-order valence-corrected chi connectivity index (χ4v) is 2.80. The van der Waals surface area contributed by atoms with Gasteiger partial charge in [0.25, 0.3) is 5.91 Å². The van der Waals surface area contributed by atoms with Crippen molar-refractivity contribution in [2.45, 2.75) is 0 Å². The van der Waals surface area contributed by atoms with Gasteiger partial charge >= 0.3 is 0 Å². The first-order chi connectivity index (χ1) is 10.2. The minimum absolute atomic E-state index is 0.133. The number of rotatable bonds is 3. The Labute approximate surface area is 125 Å². The van der Waals surface area contributed by atoms with Crippen LogP contribution in [-0.2, 0) is 4.79 Å². The van der Waals surface area contributed by atoms with Crippen LogP contribution in [0.25, 0.3) is 6.08 Å². The lowest BCUT2D eigenvalue weighted by Gasteiger charge is -2.30. The number of carbonyl (C=O) groups excluding carboxylic acids is 1. The second-order valence-corrected chi connectivity index (χ2v) is 5.51. The zero-order chi connectivity index (χ0) is 14.8. The smallest absolute Gasteiger partial charge is 0.294 e. The summed E-state index contributed by atoms with van der Waals surface area (Å²) in [7, 11) is 0. The number of anilines is 2. The number of nitrogens with two attached hydrogens (primary N) is 1. The highest BCUT2D eigenvalue weighted by atomic mass is 32.1. The van der Waals surface area contributed by atoms with E-state index in [4.69, 9.17) is 10.5 Å². The number of aliphatic hydroxyl groups is 1. The van der Waals surface area contributed by atoms with Crippen LogP contribution < -0.4 is 15.4 Å². The first-order valence-electron chi connectivity index (χ1n) is 6.44. The minimum atomic E-state index is -0.282. The van der Waals surface area contributed by atoms with Crippen molar-refractivity contribution in [1.82, 2.24) is 0 Å². The first-order valence-corrected chi connectivity index (χ1v) is 7.32. The third-order valence-electron chi connectivity index (χ3n) is 3.09. The fourth-order valence-electron chi connectivity index (χ4n) is 2.15. The van der Waals surface area contributed by atoms with Gasteiger partial charge in [0.05, 0.1) is 12.3 Å². The van der Waals surface area contributed by atoms with Gasteiger partial charge in [0.15, 0.2) is 11.5 Å². The summed E-state index contributed by atoms with van der Waals surface area (Å²) in [4.78, 5) is 14.9. The maximum absolute atomic E-state index is 12.5. The number of fused-ring (bicyclic) bond motifs is 1. The lowest BCUT2D eigenvalue weighted by Crippen LogP contribution is -2.39. The van der Waals surface area contributed by atoms with Gasteiger partial charge in [-0.2, -0.15) is 0 Å². The summed E-state index contributed by atoms with van der Waals surface area (Å²) in [6.07, 6.45) is 1.71. The van der Waals surface area contributed by atoms with Crippen LogP contribution in [-0.4, -0.2) is 24.2 Å². The Morgan fingerprint density at radius 2 is 2.24 bits per heavy atom. The molecule has 0 bridgehead atoms. The molecule has 1 aromatic carbocycles. The maximum Gasteiger partial charge on any atom is 0.294 e. The van der Waals surface area contributed by atoms with Gasteiger partial charge in [-0.3, -0.25) is 9.69 Å². The van der Waals surface area contributed by atoms with E-state index in [1.807, 2.05) is 17.5 Å². The molecule has 0 radical (unpaired) electrons. The highest BCUT2D eigenvalue weighted by Crippen LogP contribution is 2.37. The van der Waals surface area contributed by atoms with E-state index < -0.39 is 0 Å². The molecule has 3 N–H and O–H groups in total. The molecular formula is C15H14N2O3S. The summed E-state index contributed by atoms with van der Waals surface area (Å²) in [5.41, 5.74) is 6.88. The molecule has 2 heterocycles. The topological polar surface area (TPSA) is 75.8 Å². The Kier molecular flexibility index (Phi) is 3.64. The standard InChI is InChI=1S/C15H14N2O3S/c16-10-3-4-13-12(8-10)17(5-6-18)15(19)14(20-13)9-11-2-1-7-21-11/h1-4,7-9,18H,5-6,16H2/b14-9+. The van der Waals surface area contributed by atoms with Gasteiger partial charge in [0, 0.05) is 23.2 Å². The van der Waals surface area contributed by atoms with Crippen LogP contribution in [0.3, 0.4) is 0 Å². The summed E-state index contributed by atoms with van der Waals surface area (Å²) >= 11 is 1.52. The number of nitrogens with zero attached hydrogens (tertiary/aromatic N) is 1. The van der Waals surface area contributed by atoms with Crippen molar-refractivity contribution >= 4 is 34.7 Å². The molecule has 0 fully saturated rings. The summed E-state index contributed by atoms with van der Waals surface area (Å²) in [6, 6.07) is 8.93. The second kappa shape index (κ2) is 5.59. The van der Waals surface area contributed by atoms with Crippen molar-refractivity contribution in [3.05, 3.63) is 46.3 Å². The Balaban J connectivity index is 2.04. The van der Waals surface area contributed by atoms with Gasteiger partial charge in [-0.25, -0.2) is 0 Å². The molecule has 108 valence electrons. The fraction of sp³-hybridized carbons (Fsp3) is 0.133. The van der Waals surface area contributed by atoms with Crippen LogP contribution in [0.4, 0.5) is 11.4 Å². The number of β-amino-alcohol motifs (C(OH)–C–C–N with tert-alkyl or cyclic N) is 1. The quantitative estimate of drug-likeness (QED) is 0.672. The number of ether oxygens (including phenoxy) is 1. The normalized spacial score (nSPS) is 16.0. The van der Waals surface area contributed by atoms with Gasteiger partial charge in [-0.05, 0) is 29.6 Å². The molecule has 3 rings (SSSR count). The second-order valence-electron chi connectivity index (χ2n) is 4.53. The number of hydrogen-bond donors (Lipinski definition) is 2. The Morgan fingerprint density at radius 1 is 1.38 bits per heavy atom. The largest absolute Gasteiger partial charge is 0.449 e. The number of nitrogen functional groups attached to an aromatic ring is 1. The van der Waals surface area contributed by atoms with Crippen molar-refractivity contribution in [2.24, 2.45) is 0 Å². The van der Waals surface area contributed by atoms with Crippen molar-refractivity contribution < 1.29 is 14.6 Å². The molecule has 21 heavy (non-hydrogen) atoms. The van der Waals surface area contributed by atoms with Crippen LogP contribution in [0.2, 0.25) is 0 Å². The predicted octanol–water partition coefficient (Wildman–Crippen LogP) is 2.09. The molecule has 0 atom stereocenters. The SMILES string of the molecule is Nc1ccc2c(c1)N(CCO)C(=O)/C(=C\c1cccs1)O2. The van der Waals surface area contributed by atoms with E-state index >= 15 is 0 Å². The van der Waals surface area contributed by atoms with E-state index in [9.17, 15) is 9.90 Å². The molecule has 0 saturated heterocycles. The van der Waals surface area contributed by atoms with E-state index in [2.05, 4.69) is 0 Å². The van der Waals surface area contributed by atoms with E-state index in [1.54, 1.807) is 24.3 Å². The Hall–Kier alpha value is -2.31. The zero-order valence-corrected chi connectivity index (χ0v) is 12.0. The van der Waals surface area contributed by atoms with Crippen LogP contribution in [0.5, 0.6) is 5.75 Å². The van der Waals surface area contributed by atoms with Crippen molar-refractivity contribution in [2.75, 3.05) is 23.8 Å². The van der Waals surface area contributed by atoms with Crippen LogP contribution in [0.1, 0.15) is 4.88 Å². The molecule has 1 aromatic heterocycles. The van der Waals surface area contributed by atoms with Crippen LogP contribution >= 0.6 is 11.3 Å². The Morgan fingerprint density at radius 3 is 2.95 bits per heavy atom. The van der Waals surface area contributed by atoms with E-state index in [1.165, 1.54) is 16.2 Å². The number of aliphatic hydroxyl groups excluding tert-OH is 1. The van der Waals surface area contributed by atoms with Crippen molar-refractivity contribution in [3.63, 3.8) is 0 Å². The number of carbonyl (C=O) groups is 1. The molecule has 0 saturated carbocycles. The Bertz CT molecular complexity index is 695. The van der Waals surface area contributed by atoms with Crippen molar-refractivity contribution in [1.29, 1.82) is 0 Å². The average Bonchev–Trinajstić information content (AvgIpc) is 2.97. The molecule has 0 aliphatic carbocycles. The summed E-state index contributed by atoms with van der Waals surface area (Å²) < 4.78 is 5.69. The van der Waals surface area contributed by atoms with Crippen LogP contribution in [0, 0.1) is 0 Å². The maximum atomic E-state index is 12.5.